The molecule has 0 aliphatic rings. The van der Waals surface area contributed by atoms with E-state index in [0.717, 1.165) is 5.69 Å². The van der Waals surface area contributed by atoms with E-state index in [2.05, 4.69) is 10.1 Å². The van der Waals surface area contributed by atoms with Gasteiger partial charge < -0.3 is 5.73 Å². The van der Waals surface area contributed by atoms with Crippen LogP contribution in [0.5, 0.6) is 0 Å². The highest BCUT2D eigenvalue weighted by Crippen LogP contribution is 2.16. The Morgan fingerprint density at radius 2 is 2.21 bits per heavy atom. The predicted molar refractivity (Wildman–Crippen MR) is 55.5 cm³/mol. The van der Waals surface area contributed by atoms with Gasteiger partial charge in [-0.3, -0.25) is 0 Å². The molecule has 14 heavy (non-hydrogen) atoms. The zero-order valence-corrected chi connectivity index (χ0v) is 8.36. The Hall–Kier alpha value is -1.55. The summed E-state index contributed by atoms with van der Waals surface area (Å²) in [4.78, 5) is 4.00. The van der Waals surface area contributed by atoms with Crippen LogP contribution in [0.2, 0.25) is 5.02 Å². The van der Waals surface area contributed by atoms with Crippen molar-refractivity contribution < 1.29 is 0 Å². The monoisotopic (exact) mass is 208 g/mol. The summed E-state index contributed by atoms with van der Waals surface area (Å²) in [5.74, 6) is 1.01. The molecule has 0 saturated carbocycles. The molecule has 2 aromatic rings. The minimum absolute atomic E-state index is 0.366. The quantitative estimate of drug-likeness (QED) is 0.778. The van der Waals surface area contributed by atoms with Gasteiger partial charge in [-0.1, -0.05) is 17.7 Å². The highest BCUT2D eigenvalue weighted by atomic mass is 35.5. The number of benzene rings is 1. The number of hydrogen-bond donors (Lipinski definition) is 1. The van der Waals surface area contributed by atoms with Crippen LogP contribution in [0.1, 0.15) is 5.82 Å². The fraction of sp³-hybridized carbons (Fsp3) is 0.111. The molecule has 0 bridgehead atoms. The summed E-state index contributed by atoms with van der Waals surface area (Å²) >= 11 is 5.85. The highest BCUT2D eigenvalue weighted by molar-refractivity contribution is 6.30. The van der Waals surface area contributed by atoms with Crippen molar-refractivity contribution in [1.29, 1.82) is 0 Å². The zero-order valence-electron chi connectivity index (χ0n) is 7.61. The van der Waals surface area contributed by atoms with Crippen molar-refractivity contribution in [2.24, 2.45) is 0 Å². The van der Waals surface area contributed by atoms with Crippen LogP contribution in [0, 0.1) is 6.92 Å². The van der Waals surface area contributed by atoms with Crippen LogP contribution in [0.3, 0.4) is 0 Å². The van der Waals surface area contributed by atoms with Gasteiger partial charge in [0.2, 0.25) is 5.95 Å². The molecule has 0 unspecified atom stereocenters. The van der Waals surface area contributed by atoms with E-state index in [4.69, 9.17) is 17.3 Å². The lowest BCUT2D eigenvalue weighted by Crippen LogP contribution is -2.01. The molecule has 2 rings (SSSR count). The molecule has 0 atom stereocenters. The number of nitrogens with two attached hydrogens (primary N) is 1. The van der Waals surface area contributed by atoms with Crippen LogP contribution in [0.4, 0.5) is 5.95 Å². The van der Waals surface area contributed by atoms with Crippen LogP contribution in [-0.2, 0) is 0 Å². The molecular weight excluding hydrogens is 200 g/mol. The molecular formula is C9H9ClN4. The Kier molecular flexibility index (Phi) is 2.13. The van der Waals surface area contributed by atoms with Gasteiger partial charge in [0.1, 0.15) is 5.82 Å². The van der Waals surface area contributed by atoms with Crippen molar-refractivity contribution in [3.8, 4) is 5.69 Å². The van der Waals surface area contributed by atoms with E-state index < -0.39 is 0 Å². The molecule has 0 saturated heterocycles. The summed E-state index contributed by atoms with van der Waals surface area (Å²) < 4.78 is 1.56. The van der Waals surface area contributed by atoms with E-state index in [0.29, 0.717) is 16.8 Å². The smallest absolute Gasteiger partial charge is 0.223 e. The van der Waals surface area contributed by atoms with Crippen LogP contribution >= 0.6 is 11.6 Å². The molecule has 0 aliphatic heterocycles. The zero-order chi connectivity index (χ0) is 10.1. The number of nitrogens with zero attached hydrogens (tertiary/aromatic N) is 3. The fourth-order valence-corrected chi connectivity index (χ4v) is 1.41. The van der Waals surface area contributed by atoms with E-state index in [1.165, 1.54) is 0 Å². The molecule has 2 N–H and O–H groups in total. The van der Waals surface area contributed by atoms with Gasteiger partial charge in [-0.2, -0.15) is 9.67 Å². The van der Waals surface area contributed by atoms with Crippen molar-refractivity contribution in [1.82, 2.24) is 14.8 Å². The summed E-state index contributed by atoms with van der Waals surface area (Å²) in [6.07, 6.45) is 0. The summed E-state index contributed by atoms with van der Waals surface area (Å²) in [7, 11) is 0. The molecule has 1 aromatic heterocycles. The maximum atomic E-state index is 5.85. The Bertz CT molecular complexity index is 464. The van der Waals surface area contributed by atoms with Gasteiger partial charge in [-0.05, 0) is 25.1 Å². The minimum atomic E-state index is 0.366. The van der Waals surface area contributed by atoms with Gasteiger partial charge in [-0.15, -0.1) is 5.10 Å². The number of anilines is 1. The van der Waals surface area contributed by atoms with Crippen LogP contribution in [0.15, 0.2) is 24.3 Å². The highest BCUT2D eigenvalue weighted by Gasteiger charge is 2.05. The van der Waals surface area contributed by atoms with Crippen molar-refractivity contribution >= 4 is 17.5 Å². The molecule has 0 radical (unpaired) electrons. The number of nitrogen functional groups attached to an aromatic ring is 1. The topological polar surface area (TPSA) is 56.7 Å². The van der Waals surface area contributed by atoms with E-state index >= 15 is 0 Å². The van der Waals surface area contributed by atoms with Gasteiger partial charge >= 0.3 is 0 Å². The fourth-order valence-electron chi connectivity index (χ4n) is 1.23. The SMILES string of the molecule is Cc1nc(N)n(-c2cccc(Cl)c2)n1. The van der Waals surface area contributed by atoms with Crippen molar-refractivity contribution in [2.45, 2.75) is 6.92 Å². The van der Waals surface area contributed by atoms with Crippen molar-refractivity contribution in [3.63, 3.8) is 0 Å². The molecule has 0 amide bonds. The molecule has 0 fully saturated rings. The summed E-state index contributed by atoms with van der Waals surface area (Å²) in [6, 6.07) is 7.29. The third kappa shape index (κ3) is 1.56. The summed E-state index contributed by atoms with van der Waals surface area (Å²) in [6.45, 7) is 1.79. The normalized spacial score (nSPS) is 10.4. The first-order chi connectivity index (χ1) is 6.66. The van der Waals surface area contributed by atoms with Gasteiger partial charge in [0.15, 0.2) is 0 Å². The lowest BCUT2D eigenvalue weighted by atomic mass is 10.3. The van der Waals surface area contributed by atoms with Gasteiger partial charge in [-0.25, -0.2) is 0 Å². The second-order valence-electron chi connectivity index (χ2n) is 2.91. The standard InChI is InChI=1S/C9H9ClN4/c1-6-12-9(11)14(13-6)8-4-2-3-7(10)5-8/h2-5H,1H3,(H2,11,12,13). The average molecular weight is 209 g/mol. The third-order valence-corrected chi connectivity index (χ3v) is 2.03. The lowest BCUT2D eigenvalue weighted by Gasteiger charge is -2.01. The Morgan fingerprint density at radius 3 is 2.79 bits per heavy atom. The first-order valence-electron chi connectivity index (χ1n) is 4.12. The summed E-state index contributed by atoms with van der Waals surface area (Å²) in [5, 5.41) is 4.79. The molecule has 5 heteroatoms. The second-order valence-corrected chi connectivity index (χ2v) is 3.35. The number of aryl methyl sites for hydroxylation is 1. The van der Waals surface area contributed by atoms with Crippen LogP contribution in [0.25, 0.3) is 5.69 Å². The van der Waals surface area contributed by atoms with Crippen LogP contribution < -0.4 is 5.73 Å². The predicted octanol–water partition coefficient (Wildman–Crippen LogP) is 1.81. The van der Waals surface area contributed by atoms with Gasteiger partial charge in [0.05, 0.1) is 5.69 Å². The van der Waals surface area contributed by atoms with Gasteiger partial charge in [0.25, 0.3) is 0 Å². The summed E-state index contributed by atoms with van der Waals surface area (Å²) in [5.41, 5.74) is 6.49. The number of rotatable bonds is 1. The number of aromatic nitrogens is 3. The Labute approximate surface area is 86.3 Å². The minimum Gasteiger partial charge on any atom is -0.368 e. The first kappa shape index (κ1) is 9.02. The molecule has 0 spiro atoms. The van der Waals surface area contributed by atoms with Crippen LogP contribution in [-0.4, -0.2) is 14.8 Å². The average Bonchev–Trinajstić information content (AvgIpc) is 2.45. The Morgan fingerprint density at radius 1 is 1.43 bits per heavy atom. The van der Waals surface area contributed by atoms with Gasteiger partial charge in [0, 0.05) is 5.02 Å². The number of hydrogen-bond acceptors (Lipinski definition) is 3. The Balaban J connectivity index is 2.54. The molecule has 72 valence electrons. The van der Waals surface area contributed by atoms with E-state index in [1.807, 2.05) is 12.1 Å². The maximum absolute atomic E-state index is 5.85. The van der Waals surface area contributed by atoms with E-state index in [-0.39, 0.29) is 0 Å². The first-order valence-corrected chi connectivity index (χ1v) is 4.50. The van der Waals surface area contributed by atoms with Crippen molar-refractivity contribution in [2.75, 3.05) is 5.73 Å². The molecule has 1 aromatic carbocycles. The molecule has 1 heterocycles. The lowest BCUT2D eigenvalue weighted by molar-refractivity contribution is 0.872. The second kappa shape index (κ2) is 3.31. The number of halogens is 1. The third-order valence-electron chi connectivity index (χ3n) is 1.79. The molecule has 4 nitrogen and oxygen atoms in total. The van der Waals surface area contributed by atoms with E-state index in [1.54, 1.807) is 23.7 Å². The van der Waals surface area contributed by atoms with E-state index in [9.17, 15) is 0 Å². The van der Waals surface area contributed by atoms with Crippen molar-refractivity contribution in [3.05, 3.63) is 35.1 Å². The maximum Gasteiger partial charge on any atom is 0.223 e. The molecule has 0 aliphatic carbocycles. The largest absolute Gasteiger partial charge is 0.368 e.